The number of carbonyl (C=O) groups excluding carboxylic acids is 1. The fraction of sp³-hybridized carbons (Fsp3) is 0.714. The van der Waals surface area contributed by atoms with Crippen molar-refractivity contribution in [1.29, 1.82) is 0 Å². The van der Waals surface area contributed by atoms with Gasteiger partial charge in [0.2, 0.25) is 0 Å². The van der Waals surface area contributed by atoms with Crippen LogP contribution in [0.1, 0.15) is 23.3 Å². The van der Waals surface area contributed by atoms with Crippen molar-refractivity contribution in [2.45, 2.75) is 31.0 Å². The normalized spacial score (nSPS) is 29.3. The molecule has 2 N–H and O–H groups in total. The summed E-state index contributed by atoms with van der Waals surface area (Å²) in [6, 6.07) is 0.519. The van der Waals surface area contributed by atoms with Crippen LogP contribution >= 0.6 is 0 Å². The fourth-order valence-electron chi connectivity index (χ4n) is 3.20. The van der Waals surface area contributed by atoms with Gasteiger partial charge in [-0.2, -0.15) is 0 Å². The summed E-state index contributed by atoms with van der Waals surface area (Å²) in [5, 5.41) is 12.1. The van der Waals surface area contributed by atoms with Crippen molar-refractivity contribution in [2.75, 3.05) is 26.3 Å². The summed E-state index contributed by atoms with van der Waals surface area (Å²) in [4.78, 5) is 18.5. The second-order valence-electron chi connectivity index (χ2n) is 5.87. The summed E-state index contributed by atoms with van der Waals surface area (Å²) in [6.45, 7) is 2.52. The highest BCUT2D eigenvalue weighted by Crippen LogP contribution is 2.24. The molecule has 0 radical (unpaired) electrons. The molecule has 2 aliphatic heterocycles. The third kappa shape index (κ3) is 3.09. The molecule has 3 atom stereocenters. The average Bonchev–Trinajstić information content (AvgIpc) is 3.04. The lowest BCUT2D eigenvalue weighted by Crippen LogP contribution is -2.46. The van der Waals surface area contributed by atoms with Gasteiger partial charge in [0, 0.05) is 38.8 Å². The number of aryl methyl sites for hydroxylation is 1. The van der Waals surface area contributed by atoms with Crippen molar-refractivity contribution in [3.8, 4) is 0 Å². The SMILES string of the molecule is Cn1cncc1C(=O)N[C@H]1C[C@H]2CO[C@@H](CCO)CN2C1. The number of hydrogen-bond donors (Lipinski definition) is 2. The Morgan fingerprint density at radius 1 is 1.57 bits per heavy atom. The van der Waals surface area contributed by atoms with Gasteiger partial charge in [0.25, 0.3) is 5.91 Å². The second kappa shape index (κ2) is 6.13. The number of nitrogens with zero attached hydrogens (tertiary/aromatic N) is 3. The third-order valence-corrected chi connectivity index (χ3v) is 4.33. The van der Waals surface area contributed by atoms with Crippen LogP contribution in [0.5, 0.6) is 0 Å². The number of carbonyl (C=O) groups is 1. The van der Waals surface area contributed by atoms with E-state index in [1.807, 2.05) is 7.05 Å². The molecule has 0 bridgehead atoms. The molecule has 2 aliphatic rings. The van der Waals surface area contributed by atoms with Gasteiger partial charge < -0.3 is 19.7 Å². The minimum atomic E-state index is -0.0762. The molecule has 1 aromatic heterocycles. The molecule has 3 rings (SSSR count). The minimum Gasteiger partial charge on any atom is -0.396 e. The number of amides is 1. The molecule has 0 unspecified atom stereocenters. The van der Waals surface area contributed by atoms with Crippen LogP contribution in [0.15, 0.2) is 12.5 Å². The Balaban J connectivity index is 1.55. The lowest BCUT2D eigenvalue weighted by Gasteiger charge is -2.34. The van der Waals surface area contributed by atoms with Crippen molar-refractivity contribution in [1.82, 2.24) is 19.8 Å². The molecule has 2 fully saturated rings. The molecular formula is C14H22N4O3. The van der Waals surface area contributed by atoms with E-state index in [1.54, 1.807) is 17.1 Å². The Kier molecular flexibility index (Phi) is 4.23. The van der Waals surface area contributed by atoms with Crippen molar-refractivity contribution in [3.05, 3.63) is 18.2 Å². The molecule has 3 heterocycles. The highest BCUT2D eigenvalue weighted by molar-refractivity contribution is 5.92. The van der Waals surface area contributed by atoms with Crippen LogP contribution in [0, 0.1) is 0 Å². The molecule has 7 heteroatoms. The van der Waals surface area contributed by atoms with Crippen LogP contribution in [-0.4, -0.2) is 70.0 Å². The van der Waals surface area contributed by atoms with E-state index in [9.17, 15) is 4.79 Å². The highest BCUT2D eigenvalue weighted by atomic mass is 16.5. The van der Waals surface area contributed by atoms with Crippen LogP contribution in [-0.2, 0) is 11.8 Å². The van der Waals surface area contributed by atoms with Crippen LogP contribution in [0.25, 0.3) is 0 Å². The lowest BCUT2D eigenvalue weighted by atomic mass is 10.1. The number of rotatable bonds is 4. The zero-order chi connectivity index (χ0) is 14.8. The zero-order valence-electron chi connectivity index (χ0n) is 12.2. The summed E-state index contributed by atoms with van der Waals surface area (Å²) in [5.74, 6) is -0.0762. The van der Waals surface area contributed by atoms with E-state index >= 15 is 0 Å². The standard InChI is InChI=1S/C14H22N4O3/c1-17-9-15-5-13(17)14(20)16-10-4-11-8-21-12(2-3-19)7-18(11)6-10/h5,9-12,19H,2-4,6-8H2,1H3,(H,16,20)/t10-,11-,12-/m0/s1. The first kappa shape index (κ1) is 14.5. The molecule has 0 spiro atoms. The Morgan fingerprint density at radius 3 is 3.14 bits per heavy atom. The average molecular weight is 294 g/mol. The van der Waals surface area contributed by atoms with E-state index in [-0.39, 0.29) is 24.7 Å². The Morgan fingerprint density at radius 2 is 2.43 bits per heavy atom. The number of aromatic nitrogens is 2. The van der Waals surface area contributed by atoms with Gasteiger partial charge >= 0.3 is 0 Å². The molecule has 0 aliphatic carbocycles. The Bertz CT molecular complexity index is 504. The number of aliphatic hydroxyl groups is 1. The summed E-state index contributed by atoms with van der Waals surface area (Å²) < 4.78 is 7.47. The van der Waals surface area contributed by atoms with Crippen molar-refractivity contribution < 1.29 is 14.6 Å². The molecule has 1 amide bonds. The molecule has 7 nitrogen and oxygen atoms in total. The maximum atomic E-state index is 12.2. The second-order valence-corrected chi connectivity index (χ2v) is 5.87. The molecule has 0 aromatic carbocycles. The lowest BCUT2D eigenvalue weighted by molar-refractivity contribution is -0.0566. The van der Waals surface area contributed by atoms with Gasteiger partial charge in [0.1, 0.15) is 5.69 Å². The smallest absolute Gasteiger partial charge is 0.269 e. The van der Waals surface area contributed by atoms with E-state index < -0.39 is 0 Å². The molecule has 2 saturated heterocycles. The van der Waals surface area contributed by atoms with E-state index in [2.05, 4.69) is 15.2 Å². The predicted octanol–water partition coefficient (Wildman–Crippen LogP) is -0.626. The predicted molar refractivity (Wildman–Crippen MR) is 75.9 cm³/mol. The first-order valence-corrected chi connectivity index (χ1v) is 7.41. The first-order valence-electron chi connectivity index (χ1n) is 7.41. The van der Waals surface area contributed by atoms with E-state index in [4.69, 9.17) is 9.84 Å². The molecular weight excluding hydrogens is 272 g/mol. The van der Waals surface area contributed by atoms with E-state index in [0.717, 1.165) is 19.5 Å². The largest absolute Gasteiger partial charge is 0.396 e. The van der Waals surface area contributed by atoms with Crippen molar-refractivity contribution in [3.63, 3.8) is 0 Å². The number of fused-ring (bicyclic) bond motifs is 1. The number of hydrogen-bond acceptors (Lipinski definition) is 5. The van der Waals surface area contributed by atoms with Gasteiger partial charge in [-0.25, -0.2) is 4.98 Å². The van der Waals surface area contributed by atoms with Crippen molar-refractivity contribution >= 4 is 5.91 Å². The van der Waals surface area contributed by atoms with Crippen LogP contribution in [0.2, 0.25) is 0 Å². The van der Waals surface area contributed by atoms with Gasteiger partial charge in [-0.3, -0.25) is 9.69 Å². The number of morpholine rings is 1. The molecule has 1 aromatic rings. The number of aliphatic hydroxyl groups excluding tert-OH is 1. The summed E-state index contributed by atoms with van der Waals surface area (Å²) in [7, 11) is 1.81. The maximum Gasteiger partial charge on any atom is 0.269 e. The summed E-state index contributed by atoms with van der Waals surface area (Å²) >= 11 is 0. The topological polar surface area (TPSA) is 79.6 Å². The van der Waals surface area contributed by atoms with Crippen LogP contribution < -0.4 is 5.32 Å². The van der Waals surface area contributed by atoms with Gasteiger partial charge in [-0.05, 0) is 12.8 Å². The van der Waals surface area contributed by atoms with Gasteiger partial charge in [0.05, 0.1) is 25.2 Å². The zero-order valence-corrected chi connectivity index (χ0v) is 12.2. The van der Waals surface area contributed by atoms with Crippen LogP contribution in [0.3, 0.4) is 0 Å². The van der Waals surface area contributed by atoms with Crippen LogP contribution in [0.4, 0.5) is 0 Å². The fourth-order valence-corrected chi connectivity index (χ4v) is 3.20. The van der Waals surface area contributed by atoms with Gasteiger partial charge in [-0.15, -0.1) is 0 Å². The third-order valence-electron chi connectivity index (χ3n) is 4.33. The van der Waals surface area contributed by atoms with Crippen molar-refractivity contribution in [2.24, 2.45) is 7.05 Å². The Hall–Kier alpha value is -1.44. The molecule has 21 heavy (non-hydrogen) atoms. The van der Waals surface area contributed by atoms with E-state index in [1.165, 1.54) is 0 Å². The Labute approximate surface area is 123 Å². The number of imidazole rings is 1. The minimum absolute atomic E-state index is 0.0762. The molecule has 116 valence electrons. The maximum absolute atomic E-state index is 12.2. The molecule has 0 saturated carbocycles. The number of nitrogens with one attached hydrogen (secondary N) is 1. The highest BCUT2D eigenvalue weighted by Gasteiger charge is 2.37. The van der Waals surface area contributed by atoms with Gasteiger partial charge in [-0.1, -0.05) is 0 Å². The summed E-state index contributed by atoms with van der Waals surface area (Å²) in [6.07, 6.45) is 4.90. The summed E-state index contributed by atoms with van der Waals surface area (Å²) in [5.41, 5.74) is 0.578. The van der Waals surface area contributed by atoms with Gasteiger partial charge in [0.15, 0.2) is 0 Å². The quantitative estimate of drug-likeness (QED) is 0.773. The monoisotopic (exact) mass is 294 g/mol. The first-order chi connectivity index (χ1) is 10.2. The van der Waals surface area contributed by atoms with E-state index in [0.29, 0.717) is 24.8 Å². The number of ether oxygens (including phenoxy) is 1.